The zero-order valence-corrected chi connectivity index (χ0v) is 15.6. The molecule has 1 amide bonds. The van der Waals surface area contributed by atoms with E-state index < -0.39 is 24.9 Å². The van der Waals surface area contributed by atoms with E-state index in [0.29, 0.717) is 12.1 Å². The fourth-order valence-electron chi connectivity index (χ4n) is 2.87. The largest absolute Gasteiger partial charge is 0.348 e. The Morgan fingerprint density at radius 3 is 2.27 bits per heavy atom. The summed E-state index contributed by atoms with van der Waals surface area (Å²) in [6, 6.07) is 15.0. The van der Waals surface area contributed by atoms with Crippen LogP contribution < -0.4 is 5.32 Å². The van der Waals surface area contributed by atoms with E-state index in [1.165, 1.54) is 24.3 Å². The molecule has 1 N–H and O–H groups in total. The topological polar surface area (TPSA) is 97.4 Å². The highest BCUT2D eigenvalue weighted by Crippen LogP contribution is 2.25. The number of carbonyl (C=O) groups is 1. The van der Waals surface area contributed by atoms with Crippen LogP contribution in [0.1, 0.15) is 22.3 Å². The molecular weight excluding hydrogens is 374 g/mol. The first-order valence-corrected chi connectivity index (χ1v) is 11.5. The summed E-state index contributed by atoms with van der Waals surface area (Å²) in [5, 5.41) is 1.86. The van der Waals surface area contributed by atoms with Crippen molar-refractivity contribution >= 4 is 25.6 Å². The second-order valence-corrected chi connectivity index (χ2v) is 10.7. The van der Waals surface area contributed by atoms with Crippen molar-refractivity contribution in [2.75, 3.05) is 11.5 Å². The molecule has 1 fully saturated rings. The Bertz CT molecular complexity index is 997. The number of carbonyl (C=O) groups excluding carboxylic acids is 1. The highest BCUT2D eigenvalue weighted by Gasteiger charge is 2.37. The lowest BCUT2D eigenvalue weighted by Crippen LogP contribution is -2.24. The predicted molar refractivity (Wildman–Crippen MR) is 98.3 cm³/mol. The fraction of sp³-hybridized carbons (Fsp3) is 0.278. The van der Waals surface area contributed by atoms with Crippen molar-refractivity contribution in [3.63, 3.8) is 0 Å². The van der Waals surface area contributed by atoms with Crippen molar-refractivity contribution in [1.82, 2.24) is 5.32 Å². The normalized spacial score (nSPS) is 19.2. The summed E-state index contributed by atoms with van der Waals surface area (Å²) >= 11 is 0. The minimum absolute atomic E-state index is 0.0409. The van der Waals surface area contributed by atoms with Gasteiger partial charge in [-0.05, 0) is 36.2 Å². The van der Waals surface area contributed by atoms with Gasteiger partial charge in [0.2, 0.25) is 0 Å². The molecule has 0 aliphatic carbocycles. The SMILES string of the molecule is O=C(NCc1ccccc1)c1ccc(S(=O)(=O)C2CCS(=O)(=O)C2)cc1. The number of sulfone groups is 2. The van der Waals surface area contributed by atoms with Gasteiger partial charge in [-0.1, -0.05) is 30.3 Å². The monoisotopic (exact) mass is 393 g/mol. The third kappa shape index (κ3) is 4.13. The maximum absolute atomic E-state index is 12.5. The Balaban J connectivity index is 1.69. The Hall–Kier alpha value is -2.19. The van der Waals surface area contributed by atoms with Crippen molar-refractivity contribution in [3.8, 4) is 0 Å². The summed E-state index contributed by atoms with van der Waals surface area (Å²) in [4.78, 5) is 12.2. The third-order valence-electron chi connectivity index (χ3n) is 4.37. The Labute approximate surface area is 153 Å². The number of nitrogens with one attached hydrogen (secondary N) is 1. The molecule has 26 heavy (non-hydrogen) atoms. The van der Waals surface area contributed by atoms with Gasteiger partial charge in [0, 0.05) is 12.1 Å². The van der Waals surface area contributed by atoms with Gasteiger partial charge in [0.1, 0.15) is 0 Å². The first-order valence-electron chi connectivity index (χ1n) is 8.14. The van der Waals surface area contributed by atoms with Crippen molar-refractivity contribution in [2.45, 2.75) is 23.1 Å². The molecule has 0 bridgehead atoms. The van der Waals surface area contributed by atoms with E-state index in [1.807, 2.05) is 30.3 Å². The fourth-order valence-corrected chi connectivity index (χ4v) is 7.23. The Kier molecular flexibility index (Phi) is 5.15. The Morgan fingerprint density at radius 1 is 1.04 bits per heavy atom. The summed E-state index contributed by atoms with van der Waals surface area (Å²) in [5.74, 6) is -0.743. The molecule has 2 aromatic carbocycles. The molecule has 0 radical (unpaired) electrons. The maximum atomic E-state index is 12.5. The molecule has 1 atom stereocenters. The highest BCUT2D eigenvalue weighted by atomic mass is 32.2. The molecule has 1 saturated heterocycles. The number of hydrogen-bond acceptors (Lipinski definition) is 5. The summed E-state index contributed by atoms with van der Waals surface area (Å²) in [5.41, 5.74) is 1.31. The van der Waals surface area contributed by atoms with Crippen LogP contribution in [0.2, 0.25) is 0 Å². The second kappa shape index (κ2) is 7.20. The molecule has 0 saturated carbocycles. The van der Waals surface area contributed by atoms with Gasteiger partial charge in [0.25, 0.3) is 5.91 Å². The van der Waals surface area contributed by atoms with Crippen molar-refractivity contribution < 1.29 is 21.6 Å². The standard InChI is InChI=1S/C18H19NO5S2/c20-18(19-12-14-4-2-1-3-5-14)15-6-8-16(9-7-15)26(23,24)17-10-11-25(21,22)13-17/h1-9,17H,10-13H2,(H,19,20). The summed E-state index contributed by atoms with van der Waals surface area (Å²) in [6.45, 7) is 0.375. The lowest BCUT2D eigenvalue weighted by molar-refractivity contribution is 0.0951. The summed E-state index contributed by atoms with van der Waals surface area (Å²) in [6.07, 6.45) is 0.115. The quantitative estimate of drug-likeness (QED) is 0.832. The minimum Gasteiger partial charge on any atom is -0.348 e. The molecule has 0 aromatic heterocycles. The van der Waals surface area contributed by atoms with Gasteiger partial charge in [0.15, 0.2) is 19.7 Å². The molecule has 0 spiro atoms. The van der Waals surface area contributed by atoms with E-state index in [2.05, 4.69) is 5.32 Å². The number of hydrogen-bond donors (Lipinski definition) is 1. The van der Waals surface area contributed by atoms with Crippen molar-refractivity contribution in [1.29, 1.82) is 0 Å². The van der Waals surface area contributed by atoms with Gasteiger partial charge in [-0.25, -0.2) is 16.8 Å². The van der Waals surface area contributed by atoms with E-state index in [9.17, 15) is 21.6 Å². The average Bonchev–Trinajstić information content (AvgIpc) is 3.01. The van der Waals surface area contributed by atoms with Crippen LogP contribution >= 0.6 is 0 Å². The Morgan fingerprint density at radius 2 is 1.69 bits per heavy atom. The van der Waals surface area contributed by atoms with Crippen molar-refractivity contribution in [2.24, 2.45) is 0 Å². The van der Waals surface area contributed by atoms with Gasteiger partial charge in [-0.2, -0.15) is 0 Å². The van der Waals surface area contributed by atoms with Gasteiger partial charge < -0.3 is 5.32 Å². The zero-order chi connectivity index (χ0) is 18.8. The average molecular weight is 393 g/mol. The minimum atomic E-state index is -3.72. The van der Waals surface area contributed by atoms with Gasteiger partial charge in [-0.3, -0.25) is 4.79 Å². The molecule has 8 heteroatoms. The second-order valence-electron chi connectivity index (χ2n) is 6.26. The van der Waals surface area contributed by atoms with Crippen LogP contribution in [-0.4, -0.2) is 39.5 Å². The predicted octanol–water partition coefficient (Wildman–Crippen LogP) is 1.58. The number of amides is 1. The van der Waals surface area contributed by atoms with E-state index in [0.717, 1.165) is 5.56 Å². The molecule has 1 aliphatic rings. The lowest BCUT2D eigenvalue weighted by atomic mass is 10.2. The van der Waals surface area contributed by atoms with Gasteiger partial charge in [0.05, 0.1) is 21.7 Å². The molecule has 1 heterocycles. The van der Waals surface area contributed by atoms with Crippen LogP contribution in [0.15, 0.2) is 59.5 Å². The molecule has 2 aromatic rings. The van der Waals surface area contributed by atoms with Crippen molar-refractivity contribution in [3.05, 3.63) is 65.7 Å². The van der Waals surface area contributed by atoms with Gasteiger partial charge in [-0.15, -0.1) is 0 Å². The summed E-state index contributed by atoms with van der Waals surface area (Å²) < 4.78 is 48.2. The van der Waals surface area contributed by atoms with E-state index in [1.54, 1.807) is 0 Å². The van der Waals surface area contributed by atoms with E-state index >= 15 is 0 Å². The van der Waals surface area contributed by atoms with E-state index in [-0.39, 0.29) is 28.7 Å². The molecule has 1 unspecified atom stereocenters. The van der Waals surface area contributed by atoms with Crippen LogP contribution in [0.25, 0.3) is 0 Å². The smallest absolute Gasteiger partial charge is 0.251 e. The molecule has 1 aliphatic heterocycles. The van der Waals surface area contributed by atoms with Crippen LogP contribution in [0.3, 0.4) is 0 Å². The maximum Gasteiger partial charge on any atom is 0.251 e. The third-order valence-corrected chi connectivity index (χ3v) is 8.56. The number of benzene rings is 2. The molecular formula is C18H19NO5S2. The van der Waals surface area contributed by atoms with Crippen LogP contribution in [0, 0.1) is 0 Å². The van der Waals surface area contributed by atoms with E-state index in [4.69, 9.17) is 0 Å². The van der Waals surface area contributed by atoms with Crippen LogP contribution in [0.4, 0.5) is 0 Å². The lowest BCUT2D eigenvalue weighted by Gasteiger charge is -2.11. The van der Waals surface area contributed by atoms with Crippen LogP contribution in [0.5, 0.6) is 0 Å². The molecule has 6 nitrogen and oxygen atoms in total. The first kappa shape index (κ1) is 18.6. The zero-order valence-electron chi connectivity index (χ0n) is 14.0. The number of rotatable bonds is 5. The highest BCUT2D eigenvalue weighted by molar-refractivity contribution is 7.96. The summed E-state index contributed by atoms with van der Waals surface area (Å²) in [7, 11) is -7.00. The first-order chi connectivity index (χ1) is 12.3. The van der Waals surface area contributed by atoms with Crippen LogP contribution in [-0.2, 0) is 26.2 Å². The molecule has 138 valence electrons. The molecule has 3 rings (SSSR count). The van der Waals surface area contributed by atoms with Gasteiger partial charge >= 0.3 is 0 Å².